The van der Waals surface area contributed by atoms with E-state index in [0.717, 1.165) is 31.4 Å². The van der Waals surface area contributed by atoms with Crippen molar-refractivity contribution in [3.8, 4) is 22.9 Å². The first kappa shape index (κ1) is 33.2. The van der Waals surface area contributed by atoms with Gasteiger partial charge in [-0.2, -0.15) is 9.97 Å². The fraction of sp³-hybridized carbons (Fsp3) is 0.0909. The normalized spacial score (nSPS) is 10.6. The number of nitrogens with one attached hydrogen (secondary N) is 1. The van der Waals surface area contributed by atoms with E-state index in [0.29, 0.717) is 11.1 Å². The van der Waals surface area contributed by atoms with Gasteiger partial charge in [0.25, 0.3) is 17.7 Å². The SMILES string of the molecule is COC(=O)c1cc(F)c(Cc2noc(-c3ccccc3)n2)c(F)c1.O=C(NO)c1cc(F)c(Cc2noc(-c3ccccc3)n2)c(F)c1. The van der Waals surface area contributed by atoms with E-state index in [9.17, 15) is 27.2 Å². The van der Waals surface area contributed by atoms with E-state index in [1.54, 1.807) is 36.4 Å². The number of halogens is 4. The first-order chi connectivity index (χ1) is 23.2. The Hall–Kier alpha value is -6.22. The standard InChI is InChI=1S/C17H12F2N2O3.C16H11F2N3O3/c1-23-17(22)11-7-13(18)12(14(19)8-11)9-15-20-16(24-21-15)10-5-3-2-4-6-10;17-12-6-10(15(22)20-23)7-13(18)11(12)8-14-19-16(24-21-14)9-4-2-1-3-5-9/h2-8H,9H2,1H3;1-7,23H,8H2,(H,20,22). The fourth-order valence-corrected chi connectivity index (χ4v) is 4.34. The van der Waals surface area contributed by atoms with Crippen molar-refractivity contribution in [3.63, 3.8) is 0 Å². The lowest BCUT2D eigenvalue weighted by atomic mass is 10.1. The molecule has 0 fully saturated rings. The molecule has 0 saturated carbocycles. The van der Waals surface area contributed by atoms with Crippen LogP contribution in [0.25, 0.3) is 22.9 Å². The molecule has 0 aliphatic rings. The molecule has 48 heavy (non-hydrogen) atoms. The zero-order valence-corrected chi connectivity index (χ0v) is 24.8. The van der Waals surface area contributed by atoms with Crippen LogP contribution in [0.3, 0.4) is 0 Å². The van der Waals surface area contributed by atoms with Gasteiger partial charge in [-0.3, -0.25) is 10.0 Å². The Morgan fingerprint density at radius 2 is 1.08 bits per heavy atom. The Morgan fingerprint density at radius 3 is 1.46 bits per heavy atom. The number of hydrogen-bond acceptors (Lipinski definition) is 10. The Morgan fingerprint density at radius 1 is 0.688 bits per heavy atom. The number of methoxy groups -OCH3 is 1. The molecule has 1 amide bonds. The highest BCUT2D eigenvalue weighted by atomic mass is 19.1. The van der Waals surface area contributed by atoms with Crippen molar-refractivity contribution in [3.05, 3.63) is 142 Å². The summed E-state index contributed by atoms with van der Waals surface area (Å²) in [5, 5.41) is 15.9. The molecule has 4 aromatic carbocycles. The van der Waals surface area contributed by atoms with Gasteiger partial charge in [0.1, 0.15) is 23.3 Å². The van der Waals surface area contributed by atoms with Crippen molar-refractivity contribution >= 4 is 11.9 Å². The zero-order valence-electron chi connectivity index (χ0n) is 24.8. The van der Waals surface area contributed by atoms with Crippen molar-refractivity contribution in [2.24, 2.45) is 0 Å². The summed E-state index contributed by atoms with van der Waals surface area (Å²) in [7, 11) is 1.14. The van der Waals surface area contributed by atoms with Crippen LogP contribution in [0, 0.1) is 23.3 Å². The monoisotopic (exact) mass is 661 g/mol. The van der Waals surface area contributed by atoms with E-state index in [4.69, 9.17) is 14.3 Å². The summed E-state index contributed by atoms with van der Waals surface area (Å²) >= 11 is 0. The second-order valence-electron chi connectivity index (χ2n) is 9.89. The summed E-state index contributed by atoms with van der Waals surface area (Å²) in [6.45, 7) is 0. The molecule has 0 atom stereocenters. The van der Waals surface area contributed by atoms with Gasteiger partial charge in [-0.25, -0.2) is 27.8 Å². The Labute approximate surface area is 268 Å². The van der Waals surface area contributed by atoms with Crippen LogP contribution in [-0.4, -0.2) is 44.5 Å². The van der Waals surface area contributed by atoms with Crippen molar-refractivity contribution in [1.29, 1.82) is 0 Å². The number of hydrogen-bond donors (Lipinski definition) is 2. The lowest BCUT2D eigenvalue weighted by Crippen LogP contribution is -2.19. The first-order valence-electron chi connectivity index (χ1n) is 13.9. The highest BCUT2D eigenvalue weighted by molar-refractivity contribution is 5.93. The molecule has 0 aliphatic heterocycles. The summed E-state index contributed by atoms with van der Waals surface area (Å²) in [6.07, 6.45) is -0.440. The van der Waals surface area contributed by atoms with E-state index < -0.39 is 35.1 Å². The summed E-state index contributed by atoms with van der Waals surface area (Å²) in [5.41, 5.74) is 1.62. The van der Waals surface area contributed by atoms with Crippen LogP contribution in [0.5, 0.6) is 0 Å². The molecule has 0 spiro atoms. The van der Waals surface area contributed by atoms with Gasteiger partial charge in [-0.15, -0.1) is 0 Å². The molecule has 2 heterocycles. The quantitative estimate of drug-likeness (QED) is 0.0845. The van der Waals surface area contributed by atoms with Crippen LogP contribution in [-0.2, 0) is 17.6 Å². The highest BCUT2D eigenvalue weighted by Crippen LogP contribution is 2.23. The topological polar surface area (TPSA) is 153 Å². The van der Waals surface area contributed by atoms with Crippen LogP contribution in [0.1, 0.15) is 43.5 Å². The first-order valence-corrected chi connectivity index (χ1v) is 13.9. The molecule has 11 nitrogen and oxygen atoms in total. The molecular weight excluding hydrogens is 638 g/mol. The van der Waals surface area contributed by atoms with Crippen LogP contribution < -0.4 is 5.48 Å². The van der Waals surface area contributed by atoms with Gasteiger partial charge in [-0.1, -0.05) is 46.7 Å². The number of hydroxylamine groups is 1. The van der Waals surface area contributed by atoms with Crippen LogP contribution in [0.15, 0.2) is 94.0 Å². The van der Waals surface area contributed by atoms with Gasteiger partial charge in [0, 0.05) is 40.7 Å². The summed E-state index contributed by atoms with van der Waals surface area (Å²) in [4.78, 5) is 30.8. The summed E-state index contributed by atoms with van der Waals surface area (Å²) in [5.74, 6) is -4.72. The molecule has 2 N–H and O–H groups in total. The minimum Gasteiger partial charge on any atom is -0.465 e. The highest BCUT2D eigenvalue weighted by Gasteiger charge is 2.20. The lowest BCUT2D eigenvalue weighted by Gasteiger charge is -2.05. The van der Waals surface area contributed by atoms with Gasteiger partial charge >= 0.3 is 5.97 Å². The fourth-order valence-electron chi connectivity index (χ4n) is 4.34. The second-order valence-corrected chi connectivity index (χ2v) is 9.89. The van der Waals surface area contributed by atoms with Crippen LogP contribution >= 0.6 is 0 Å². The number of nitrogens with zero attached hydrogens (tertiary/aromatic N) is 4. The van der Waals surface area contributed by atoms with E-state index >= 15 is 0 Å². The predicted octanol–water partition coefficient (Wildman–Crippen LogP) is 6.12. The molecular formula is C33H23F4N5O6. The van der Waals surface area contributed by atoms with E-state index in [1.807, 2.05) is 24.3 Å². The number of ether oxygens (including phenoxy) is 1. The van der Waals surface area contributed by atoms with Crippen LogP contribution in [0.2, 0.25) is 0 Å². The van der Waals surface area contributed by atoms with Crippen molar-refractivity contribution in [2.75, 3.05) is 7.11 Å². The maximum Gasteiger partial charge on any atom is 0.338 e. The van der Waals surface area contributed by atoms with Crippen molar-refractivity contribution < 1.29 is 46.1 Å². The Kier molecular flexibility index (Phi) is 10.3. The number of esters is 1. The van der Waals surface area contributed by atoms with Gasteiger partial charge in [0.15, 0.2) is 11.6 Å². The van der Waals surface area contributed by atoms with E-state index in [-0.39, 0.29) is 58.5 Å². The third-order valence-electron chi connectivity index (χ3n) is 6.71. The number of amides is 1. The Bertz CT molecular complexity index is 1860. The van der Waals surface area contributed by atoms with Crippen LogP contribution in [0.4, 0.5) is 17.6 Å². The molecule has 2 aromatic heterocycles. The molecule has 6 aromatic rings. The molecule has 244 valence electrons. The lowest BCUT2D eigenvalue weighted by molar-refractivity contribution is 0.0599. The van der Waals surface area contributed by atoms with Gasteiger partial charge in [0.05, 0.1) is 12.7 Å². The second kappa shape index (κ2) is 14.9. The largest absolute Gasteiger partial charge is 0.465 e. The van der Waals surface area contributed by atoms with E-state index in [1.165, 1.54) is 5.48 Å². The van der Waals surface area contributed by atoms with Crippen molar-refractivity contribution in [2.45, 2.75) is 12.8 Å². The van der Waals surface area contributed by atoms with Gasteiger partial charge < -0.3 is 13.8 Å². The third kappa shape index (κ3) is 7.76. The molecule has 15 heteroatoms. The maximum absolute atomic E-state index is 14.1. The number of benzene rings is 4. The summed E-state index contributed by atoms with van der Waals surface area (Å²) in [6, 6.07) is 21.5. The molecule has 6 rings (SSSR count). The van der Waals surface area contributed by atoms with Gasteiger partial charge in [-0.05, 0) is 48.5 Å². The number of aromatic nitrogens is 4. The molecule has 0 radical (unpaired) electrons. The average molecular weight is 662 g/mol. The predicted molar refractivity (Wildman–Crippen MR) is 158 cm³/mol. The minimum absolute atomic E-state index is 0.103. The molecule has 0 saturated heterocycles. The van der Waals surface area contributed by atoms with E-state index in [2.05, 4.69) is 25.0 Å². The number of carbonyl (C=O) groups excluding carboxylic acids is 2. The molecule has 0 unspecified atom stereocenters. The maximum atomic E-state index is 14.1. The third-order valence-corrected chi connectivity index (χ3v) is 6.71. The smallest absolute Gasteiger partial charge is 0.338 e. The van der Waals surface area contributed by atoms with Crippen molar-refractivity contribution in [1.82, 2.24) is 25.8 Å². The Balaban J connectivity index is 0.000000188. The minimum atomic E-state index is -1.01. The van der Waals surface area contributed by atoms with Gasteiger partial charge in [0.2, 0.25) is 0 Å². The molecule has 0 bridgehead atoms. The number of carbonyl (C=O) groups is 2. The average Bonchev–Trinajstić information content (AvgIpc) is 3.78. The number of rotatable bonds is 8. The molecule has 0 aliphatic carbocycles. The zero-order chi connectivity index (χ0) is 34.2. The summed E-state index contributed by atoms with van der Waals surface area (Å²) < 4.78 is 70.9.